The van der Waals surface area contributed by atoms with Gasteiger partial charge in [0.2, 0.25) is 5.91 Å². The predicted molar refractivity (Wildman–Crippen MR) is 104 cm³/mol. The monoisotopic (exact) mass is 381 g/mol. The smallest absolute Gasteiger partial charge is 0.243 e. The van der Waals surface area contributed by atoms with Gasteiger partial charge in [0.05, 0.1) is 6.26 Å². The zero-order chi connectivity index (χ0) is 17.9. The average molecular weight is 382 g/mol. The van der Waals surface area contributed by atoms with Gasteiger partial charge in [0.25, 0.3) is 0 Å². The fourth-order valence-corrected chi connectivity index (χ4v) is 3.84. The molecule has 0 aromatic carbocycles. The predicted octanol–water partition coefficient (Wildman–Crippen LogP) is 3.22. The lowest BCUT2D eigenvalue weighted by Crippen LogP contribution is -2.50. The quantitative estimate of drug-likeness (QED) is 0.607. The molecule has 3 heterocycles. The van der Waals surface area contributed by atoms with E-state index in [0.717, 1.165) is 25.1 Å². The largest absolute Gasteiger partial charge is 0.463 e. The summed E-state index contributed by atoms with van der Waals surface area (Å²) in [5, 5.41) is 7.15. The Kier molecular flexibility index (Phi) is 6.89. The number of carbonyl (C=O) groups is 1. The fourth-order valence-electron chi connectivity index (χ4n) is 3.84. The van der Waals surface area contributed by atoms with Crippen LogP contribution >= 0.6 is 12.4 Å². The molecule has 1 aromatic rings. The molecule has 1 N–H and O–H groups in total. The van der Waals surface area contributed by atoms with Crippen LogP contribution in [-0.4, -0.2) is 42.4 Å². The van der Waals surface area contributed by atoms with Gasteiger partial charge < -0.3 is 14.6 Å². The van der Waals surface area contributed by atoms with E-state index >= 15 is 0 Å². The zero-order valence-electron chi connectivity index (χ0n) is 15.6. The lowest BCUT2D eigenvalue weighted by Gasteiger charge is -2.38. The summed E-state index contributed by atoms with van der Waals surface area (Å²) >= 11 is 0. The second-order valence-corrected chi connectivity index (χ2v) is 6.84. The molecule has 1 aromatic heterocycles. The lowest BCUT2D eigenvalue weighted by molar-refractivity contribution is -0.118. The number of carbonyl (C=O) groups excluding carboxylic acids is 1. The van der Waals surface area contributed by atoms with Crippen LogP contribution in [0.1, 0.15) is 51.4 Å². The van der Waals surface area contributed by atoms with Crippen LogP contribution in [0.3, 0.4) is 0 Å². The molecule has 1 fully saturated rings. The van der Waals surface area contributed by atoms with Crippen LogP contribution in [0.4, 0.5) is 0 Å². The molecule has 3 atom stereocenters. The summed E-state index contributed by atoms with van der Waals surface area (Å²) in [6, 6.07) is 1.93. The van der Waals surface area contributed by atoms with Crippen molar-refractivity contribution in [2.24, 2.45) is 5.16 Å². The van der Waals surface area contributed by atoms with Crippen molar-refractivity contribution in [2.75, 3.05) is 13.1 Å². The maximum Gasteiger partial charge on any atom is 0.243 e. The SMILES string of the molecule is CCC1(c2ccoc2/C=N/OC(C)N2CCCC2)C=CC(=O)NC1C.Cl. The second kappa shape index (κ2) is 8.73. The summed E-state index contributed by atoms with van der Waals surface area (Å²) < 4.78 is 5.64. The minimum Gasteiger partial charge on any atom is -0.463 e. The molecular formula is C19H28ClN3O3. The number of hydrogen-bond donors (Lipinski definition) is 1. The summed E-state index contributed by atoms with van der Waals surface area (Å²) in [6.07, 6.45) is 10.1. The van der Waals surface area contributed by atoms with Crippen molar-refractivity contribution in [1.82, 2.24) is 10.2 Å². The van der Waals surface area contributed by atoms with E-state index in [4.69, 9.17) is 9.25 Å². The zero-order valence-corrected chi connectivity index (χ0v) is 16.4. The van der Waals surface area contributed by atoms with Crippen molar-refractivity contribution in [3.63, 3.8) is 0 Å². The molecule has 2 aliphatic rings. The molecule has 3 unspecified atom stereocenters. The van der Waals surface area contributed by atoms with Crippen LogP contribution in [0.2, 0.25) is 0 Å². The highest BCUT2D eigenvalue weighted by Crippen LogP contribution is 2.37. The van der Waals surface area contributed by atoms with E-state index in [9.17, 15) is 4.79 Å². The lowest BCUT2D eigenvalue weighted by atomic mass is 9.71. The number of hydrogen-bond acceptors (Lipinski definition) is 5. The van der Waals surface area contributed by atoms with Gasteiger partial charge in [-0.05, 0) is 45.3 Å². The summed E-state index contributed by atoms with van der Waals surface area (Å²) in [4.78, 5) is 19.5. The minimum atomic E-state index is -0.303. The Balaban J connectivity index is 0.00000243. The van der Waals surface area contributed by atoms with Crippen LogP contribution in [0.5, 0.6) is 0 Å². The van der Waals surface area contributed by atoms with Crippen molar-refractivity contribution in [3.05, 3.63) is 35.8 Å². The van der Waals surface area contributed by atoms with Crippen LogP contribution in [0.25, 0.3) is 0 Å². The third-order valence-electron chi connectivity index (χ3n) is 5.48. The van der Waals surface area contributed by atoms with E-state index in [1.165, 1.54) is 12.8 Å². The highest BCUT2D eigenvalue weighted by atomic mass is 35.5. The number of rotatable bonds is 6. The Labute approximate surface area is 161 Å². The molecule has 2 aliphatic heterocycles. The van der Waals surface area contributed by atoms with E-state index in [0.29, 0.717) is 5.76 Å². The first-order valence-electron chi connectivity index (χ1n) is 9.08. The average Bonchev–Trinajstić information content (AvgIpc) is 3.27. The van der Waals surface area contributed by atoms with Gasteiger partial charge in [-0.15, -0.1) is 12.4 Å². The van der Waals surface area contributed by atoms with Crippen molar-refractivity contribution >= 4 is 24.5 Å². The third-order valence-corrected chi connectivity index (χ3v) is 5.48. The molecule has 1 amide bonds. The second-order valence-electron chi connectivity index (χ2n) is 6.84. The van der Waals surface area contributed by atoms with Gasteiger partial charge >= 0.3 is 0 Å². The van der Waals surface area contributed by atoms with Gasteiger partial charge in [-0.1, -0.05) is 18.2 Å². The topological polar surface area (TPSA) is 67.1 Å². The normalized spacial score (nSPS) is 27.3. The molecule has 26 heavy (non-hydrogen) atoms. The third kappa shape index (κ3) is 3.96. The minimum absolute atomic E-state index is 0. The summed E-state index contributed by atoms with van der Waals surface area (Å²) in [7, 11) is 0. The molecule has 144 valence electrons. The molecule has 0 saturated carbocycles. The Morgan fingerprint density at radius 3 is 2.88 bits per heavy atom. The summed E-state index contributed by atoms with van der Waals surface area (Å²) in [5.74, 6) is 0.612. The molecule has 7 heteroatoms. The Bertz CT molecular complexity index is 667. The van der Waals surface area contributed by atoms with Crippen molar-refractivity contribution in [2.45, 2.75) is 57.7 Å². The van der Waals surface area contributed by atoms with Crippen molar-refractivity contribution in [1.29, 1.82) is 0 Å². The number of nitrogens with one attached hydrogen (secondary N) is 1. The first-order chi connectivity index (χ1) is 12.1. The number of likely N-dealkylation sites (tertiary alicyclic amines) is 1. The molecule has 1 saturated heterocycles. The van der Waals surface area contributed by atoms with Crippen molar-refractivity contribution in [3.8, 4) is 0 Å². The number of nitrogens with zero attached hydrogens (tertiary/aromatic N) is 2. The maximum absolute atomic E-state index is 11.6. The van der Waals surface area contributed by atoms with E-state index in [-0.39, 0.29) is 36.0 Å². The molecule has 0 spiro atoms. The number of oxime groups is 1. The van der Waals surface area contributed by atoms with Crippen LogP contribution in [0.15, 0.2) is 34.1 Å². The first-order valence-corrected chi connectivity index (χ1v) is 9.08. The highest BCUT2D eigenvalue weighted by molar-refractivity contribution is 5.90. The maximum atomic E-state index is 11.6. The van der Waals surface area contributed by atoms with E-state index < -0.39 is 0 Å². The highest BCUT2D eigenvalue weighted by Gasteiger charge is 2.39. The van der Waals surface area contributed by atoms with Crippen LogP contribution in [0, 0.1) is 0 Å². The standard InChI is InChI=1S/C19H27N3O3.ClH/c1-4-19(9-7-18(23)21-14(19)2)16-8-12-24-17(16)13-20-25-15(3)22-10-5-6-11-22;/h7-9,12-15H,4-6,10-11H2,1-3H3,(H,21,23);1H/b20-13+;. The van der Waals surface area contributed by atoms with Crippen molar-refractivity contribution < 1.29 is 14.0 Å². The van der Waals surface area contributed by atoms with E-state index in [2.05, 4.69) is 22.3 Å². The molecule has 0 bridgehead atoms. The Morgan fingerprint density at radius 1 is 1.50 bits per heavy atom. The summed E-state index contributed by atoms with van der Waals surface area (Å²) in [5.41, 5.74) is 0.711. The Morgan fingerprint density at radius 2 is 2.23 bits per heavy atom. The van der Waals surface area contributed by atoms with E-state index in [1.54, 1.807) is 18.6 Å². The molecule has 0 aliphatic carbocycles. The number of amides is 1. The molecule has 0 radical (unpaired) electrons. The molecule has 6 nitrogen and oxygen atoms in total. The Hall–Kier alpha value is -1.79. The van der Waals surface area contributed by atoms with Crippen LogP contribution in [-0.2, 0) is 15.0 Å². The van der Waals surface area contributed by atoms with Gasteiger partial charge in [0.15, 0.2) is 12.0 Å². The van der Waals surface area contributed by atoms with Gasteiger partial charge in [0, 0.05) is 30.1 Å². The van der Waals surface area contributed by atoms with Gasteiger partial charge in [-0.2, -0.15) is 0 Å². The van der Waals surface area contributed by atoms with Gasteiger partial charge in [0.1, 0.15) is 6.21 Å². The van der Waals surface area contributed by atoms with Gasteiger partial charge in [-0.25, -0.2) is 0 Å². The molecular weight excluding hydrogens is 354 g/mol. The summed E-state index contributed by atoms with van der Waals surface area (Å²) in [6.45, 7) is 8.26. The van der Waals surface area contributed by atoms with E-state index in [1.807, 2.05) is 26.0 Å². The first kappa shape index (κ1) is 20.5. The number of furan rings is 1. The fraction of sp³-hybridized carbons (Fsp3) is 0.579. The van der Waals surface area contributed by atoms with Crippen LogP contribution < -0.4 is 5.32 Å². The number of halogens is 1. The molecule has 3 rings (SSSR count). The van der Waals surface area contributed by atoms with Gasteiger partial charge in [-0.3, -0.25) is 9.69 Å².